The third kappa shape index (κ3) is 3.12. The van der Waals surface area contributed by atoms with Crippen LogP contribution >= 0.6 is 0 Å². The van der Waals surface area contributed by atoms with Crippen LogP contribution in [0.3, 0.4) is 0 Å². The Morgan fingerprint density at radius 2 is 1.82 bits per heavy atom. The van der Waals surface area contributed by atoms with E-state index >= 15 is 0 Å². The average molecular weight is 371 g/mol. The molecule has 2 heterocycles. The van der Waals surface area contributed by atoms with Gasteiger partial charge in [0, 0.05) is 29.3 Å². The Labute approximate surface area is 161 Å². The highest BCUT2D eigenvalue weighted by Crippen LogP contribution is 2.27. The van der Waals surface area contributed by atoms with Crippen LogP contribution in [0.5, 0.6) is 11.6 Å². The molecule has 0 saturated carbocycles. The minimum absolute atomic E-state index is 0.198. The van der Waals surface area contributed by atoms with E-state index in [2.05, 4.69) is 9.98 Å². The summed E-state index contributed by atoms with van der Waals surface area (Å²) in [7, 11) is 1.55. The highest BCUT2D eigenvalue weighted by Gasteiger charge is 2.16. The van der Waals surface area contributed by atoms with Crippen LogP contribution in [-0.2, 0) is 0 Å². The lowest BCUT2D eigenvalue weighted by Crippen LogP contribution is -2.20. The molecule has 0 bridgehead atoms. The summed E-state index contributed by atoms with van der Waals surface area (Å²) in [5.74, 6) is 0.891. The highest BCUT2D eigenvalue weighted by atomic mass is 16.5. The van der Waals surface area contributed by atoms with Gasteiger partial charge in [-0.05, 0) is 30.3 Å². The molecule has 0 radical (unpaired) electrons. The fourth-order valence-electron chi connectivity index (χ4n) is 3.04. The summed E-state index contributed by atoms with van der Waals surface area (Å²) in [6, 6.07) is 19.5. The maximum absolute atomic E-state index is 13.1. The number of pyridine rings is 2. The lowest BCUT2D eigenvalue weighted by molar-refractivity contribution is 0.413. The van der Waals surface area contributed by atoms with Gasteiger partial charge in [-0.1, -0.05) is 30.3 Å². The first kappa shape index (κ1) is 17.5. The van der Waals surface area contributed by atoms with E-state index in [0.29, 0.717) is 33.6 Å². The minimum Gasteiger partial charge on any atom is -0.497 e. The predicted molar refractivity (Wildman–Crippen MR) is 109 cm³/mol. The van der Waals surface area contributed by atoms with Gasteiger partial charge in [0.1, 0.15) is 5.75 Å². The molecule has 0 atom stereocenters. The normalized spacial score (nSPS) is 11.2. The topological polar surface area (TPSA) is 76.7 Å². The Morgan fingerprint density at radius 3 is 2.57 bits per heavy atom. The van der Waals surface area contributed by atoms with Crippen molar-refractivity contribution in [2.24, 2.45) is 4.99 Å². The zero-order chi connectivity index (χ0) is 19.5. The number of benzene rings is 2. The zero-order valence-electron chi connectivity index (χ0n) is 15.1. The van der Waals surface area contributed by atoms with Gasteiger partial charge in [0.15, 0.2) is 5.82 Å². The Hall–Kier alpha value is -3.93. The molecular formula is C22H17N3O3. The Kier molecular flexibility index (Phi) is 4.60. The van der Waals surface area contributed by atoms with Crippen LogP contribution in [0.4, 0.5) is 5.82 Å². The second-order valence-electron chi connectivity index (χ2n) is 6.07. The molecule has 2 aromatic carbocycles. The Balaban J connectivity index is 1.99. The maximum Gasteiger partial charge on any atom is 0.265 e. The van der Waals surface area contributed by atoms with Crippen LogP contribution in [-0.4, -0.2) is 28.0 Å². The molecule has 0 unspecified atom stereocenters. The number of rotatable bonds is 4. The van der Waals surface area contributed by atoms with Crippen molar-refractivity contribution in [1.29, 1.82) is 0 Å². The molecule has 4 rings (SSSR count). The average Bonchev–Trinajstić information content (AvgIpc) is 2.75. The first-order valence-corrected chi connectivity index (χ1v) is 8.65. The molecule has 0 aliphatic rings. The Morgan fingerprint density at radius 1 is 1.04 bits per heavy atom. The molecule has 4 aromatic rings. The smallest absolute Gasteiger partial charge is 0.265 e. The molecule has 138 valence electrons. The third-order valence-electron chi connectivity index (χ3n) is 4.39. The number of aliphatic imine (C=N–C) groups is 1. The summed E-state index contributed by atoms with van der Waals surface area (Å²) in [5.41, 5.74) is 0.611. The lowest BCUT2D eigenvalue weighted by Gasteiger charge is -2.14. The molecule has 0 fully saturated rings. The predicted octanol–water partition coefficient (Wildman–Crippen LogP) is 3.85. The Bertz CT molecular complexity index is 1230. The summed E-state index contributed by atoms with van der Waals surface area (Å²) >= 11 is 0. The summed E-state index contributed by atoms with van der Waals surface area (Å²) in [5, 5.41) is 12.1. The third-order valence-corrected chi connectivity index (χ3v) is 4.39. The number of fused-ring (bicyclic) bond motifs is 1. The second kappa shape index (κ2) is 7.36. The second-order valence-corrected chi connectivity index (χ2v) is 6.07. The zero-order valence-corrected chi connectivity index (χ0v) is 15.1. The van der Waals surface area contributed by atoms with Crippen molar-refractivity contribution in [2.75, 3.05) is 7.11 Å². The van der Waals surface area contributed by atoms with E-state index < -0.39 is 0 Å². The van der Waals surface area contributed by atoms with Crippen molar-refractivity contribution in [2.45, 2.75) is 0 Å². The van der Waals surface area contributed by atoms with Gasteiger partial charge in [-0.2, -0.15) is 0 Å². The van der Waals surface area contributed by atoms with E-state index in [0.717, 1.165) is 0 Å². The van der Waals surface area contributed by atoms with Gasteiger partial charge in [0.25, 0.3) is 5.56 Å². The van der Waals surface area contributed by atoms with Crippen LogP contribution in [0.1, 0.15) is 5.56 Å². The number of nitrogens with zero attached hydrogens (tertiary/aromatic N) is 3. The van der Waals surface area contributed by atoms with Gasteiger partial charge in [0.2, 0.25) is 5.88 Å². The van der Waals surface area contributed by atoms with Crippen molar-refractivity contribution >= 4 is 22.8 Å². The van der Waals surface area contributed by atoms with Gasteiger partial charge in [-0.25, -0.2) is 14.5 Å². The van der Waals surface area contributed by atoms with Gasteiger partial charge in [0.05, 0.1) is 18.4 Å². The number of aromatic nitrogens is 2. The summed E-state index contributed by atoms with van der Waals surface area (Å²) < 4.78 is 6.50. The van der Waals surface area contributed by atoms with Gasteiger partial charge < -0.3 is 9.84 Å². The van der Waals surface area contributed by atoms with E-state index in [1.807, 2.05) is 12.1 Å². The SMILES string of the molecule is COc1cccc(-n2c(O)c(/C=N/c3ccccn3)c3ccccc3c2=O)c1. The number of methoxy groups -OCH3 is 1. The monoisotopic (exact) mass is 371 g/mol. The van der Waals surface area contributed by atoms with E-state index in [-0.39, 0.29) is 11.4 Å². The summed E-state index contributed by atoms with van der Waals surface area (Å²) in [4.78, 5) is 21.6. The molecule has 2 aromatic heterocycles. The highest BCUT2D eigenvalue weighted by molar-refractivity contribution is 6.02. The van der Waals surface area contributed by atoms with Crippen molar-refractivity contribution in [1.82, 2.24) is 9.55 Å². The van der Waals surface area contributed by atoms with Gasteiger partial charge >= 0.3 is 0 Å². The summed E-state index contributed by atoms with van der Waals surface area (Å²) in [6.45, 7) is 0. The van der Waals surface area contributed by atoms with Crippen molar-refractivity contribution in [3.05, 3.63) is 88.8 Å². The van der Waals surface area contributed by atoms with Crippen LogP contribution in [0.25, 0.3) is 16.5 Å². The van der Waals surface area contributed by atoms with E-state index in [4.69, 9.17) is 4.74 Å². The number of aromatic hydroxyl groups is 1. The fraction of sp³-hybridized carbons (Fsp3) is 0.0455. The van der Waals surface area contributed by atoms with E-state index in [1.54, 1.807) is 67.9 Å². The van der Waals surface area contributed by atoms with Gasteiger partial charge in [-0.15, -0.1) is 0 Å². The summed E-state index contributed by atoms with van der Waals surface area (Å²) in [6.07, 6.45) is 3.16. The van der Waals surface area contributed by atoms with Crippen molar-refractivity contribution in [3.63, 3.8) is 0 Å². The quantitative estimate of drug-likeness (QED) is 0.553. The largest absolute Gasteiger partial charge is 0.497 e. The van der Waals surface area contributed by atoms with Crippen molar-refractivity contribution < 1.29 is 9.84 Å². The molecule has 0 spiro atoms. The number of hydrogen-bond acceptors (Lipinski definition) is 5. The minimum atomic E-state index is -0.323. The molecule has 0 aliphatic carbocycles. The molecule has 28 heavy (non-hydrogen) atoms. The molecule has 0 amide bonds. The molecule has 0 saturated heterocycles. The first-order chi connectivity index (χ1) is 13.7. The molecular weight excluding hydrogens is 354 g/mol. The van der Waals surface area contributed by atoms with E-state index in [9.17, 15) is 9.90 Å². The number of hydrogen-bond donors (Lipinski definition) is 1. The molecule has 1 N–H and O–H groups in total. The fourth-order valence-corrected chi connectivity index (χ4v) is 3.04. The lowest BCUT2D eigenvalue weighted by atomic mass is 10.1. The maximum atomic E-state index is 13.1. The van der Waals surface area contributed by atoms with Crippen LogP contribution in [0.15, 0.2) is 82.7 Å². The van der Waals surface area contributed by atoms with Gasteiger partial charge in [-0.3, -0.25) is 4.79 Å². The first-order valence-electron chi connectivity index (χ1n) is 8.65. The number of ether oxygens (including phenoxy) is 1. The molecule has 6 heteroatoms. The molecule has 0 aliphatic heterocycles. The van der Waals surface area contributed by atoms with Crippen molar-refractivity contribution in [3.8, 4) is 17.3 Å². The van der Waals surface area contributed by atoms with Crippen LogP contribution in [0.2, 0.25) is 0 Å². The van der Waals surface area contributed by atoms with Crippen LogP contribution < -0.4 is 10.3 Å². The van der Waals surface area contributed by atoms with E-state index in [1.165, 1.54) is 10.8 Å². The standard InChI is InChI=1S/C22H17N3O3/c1-28-16-8-6-7-15(13-16)25-21(26)18-10-3-2-9-17(18)19(22(25)27)14-24-20-11-4-5-12-23-20/h2-14,27H,1H3/b24-14+. The van der Waals surface area contributed by atoms with Crippen LogP contribution in [0, 0.1) is 0 Å². The molecule has 6 nitrogen and oxygen atoms in total.